The van der Waals surface area contributed by atoms with Gasteiger partial charge in [-0.05, 0) is 110 Å². The number of anilines is 2. The van der Waals surface area contributed by atoms with Crippen LogP contribution in [-0.2, 0) is 10.8 Å². The highest BCUT2D eigenvalue weighted by atomic mass is 16.5. The maximum Gasteiger partial charge on any atom is 0.132 e. The topological polar surface area (TPSA) is 12.5 Å². The van der Waals surface area contributed by atoms with Crippen LogP contribution in [0, 0.1) is 0 Å². The van der Waals surface area contributed by atoms with E-state index in [9.17, 15) is 0 Å². The smallest absolute Gasteiger partial charge is 0.132 e. The Bertz CT molecular complexity index is 3260. The van der Waals surface area contributed by atoms with E-state index in [1.165, 1.54) is 83.6 Å². The van der Waals surface area contributed by atoms with E-state index in [0.29, 0.717) is 0 Å². The van der Waals surface area contributed by atoms with E-state index in [-0.39, 0.29) is 0 Å². The van der Waals surface area contributed by atoms with Crippen LogP contribution in [0.4, 0.5) is 11.4 Å². The summed E-state index contributed by atoms with van der Waals surface area (Å²) in [6.45, 7) is 0. The second kappa shape index (κ2) is 14.3. The van der Waals surface area contributed by atoms with E-state index >= 15 is 0 Å². The summed E-state index contributed by atoms with van der Waals surface area (Å²) in [6.07, 6.45) is 4.34. The third-order valence-electron chi connectivity index (χ3n) is 14.3. The first kappa shape index (κ1) is 36.7. The van der Waals surface area contributed by atoms with Crippen molar-refractivity contribution >= 4 is 16.9 Å². The lowest BCUT2D eigenvalue weighted by atomic mass is 9.66. The van der Waals surface area contributed by atoms with E-state index in [1.807, 2.05) is 0 Å². The van der Waals surface area contributed by atoms with Gasteiger partial charge >= 0.3 is 0 Å². The number of para-hydroxylation sites is 2. The van der Waals surface area contributed by atoms with Crippen molar-refractivity contribution in [3.05, 3.63) is 292 Å². The highest BCUT2D eigenvalue weighted by Gasteiger charge is 2.52. The van der Waals surface area contributed by atoms with Crippen molar-refractivity contribution in [3.8, 4) is 33.8 Å². The SMILES string of the molecule is C1=C2C(=C(N(c3ccc(-c4ccccc4)cc3)c3ccc4c(c3)C3(c5ccccc5Oc5ccccc53)c3ccccc3-4)CC1)c1ccccc1C2(c1ccccc1)c1ccccc1. The number of fused-ring (bicyclic) bond motifs is 12. The molecule has 0 unspecified atom stereocenters. The summed E-state index contributed by atoms with van der Waals surface area (Å²) in [6, 6.07) is 85.0. The molecule has 0 bridgehead atoms. The van der Waals surface area contributed by atoms with Crippen LogP contribution in [0.15, 0.2) is 248 Å². The lowest BCUT2D eigenvalue weighted by Crippen LogP contribution is -2.32. The standard InChI is InChI=1S/C62H43NO/c1-4-19-42(20-5-1)43-35-37-46(38-36-43)63(57-32-18-31-55-60(57)50-26-11-13-28-52(50)61(55,44-21-6-2-7-22-44)45-23-8-3-9-24-45)47-39-40-49-48-25-10-12-27-51(48)62(56(49)41-47)53-29-14-16-33-58(53)64-59-34-17-15-30-54(59)62/h1-17,19-31,33-41H,18,32H2. The number of ether oxygens (including phenoxy) is 1. The fourth-order valence-corrected chi connectivity index (χ4v) is 11.8. The Hall–Kier alpha value is -7.94. The Morgan fingerprint density at radius 3 is 1.50 bits per heavy atom. The predicted molar refractivity (Wildman–Crippen MR) is 261 cm³/mol. The first-order valence-corrected chi connectivity index (χ1v) is 22.5. The van der Waals surface area contributed by atoms with Crippen LogP contribution in [0.3, 0.4) is 0 Å². The quantitative estimate of drug-likeness (QED) is 0.166. The normalized spacial score (nSPS) is 15.5. The van der Waals surface area contributed by atoms with Gasteiger partial charge in [0.25, 0.3) is 0 Å². The number of hydrogen-bond donors (Lipinski definition) is 0. The summed E-state index contributed by atoms with van der Waals surface area (Å²) in [5, 5.41) is 0. The summed E-state index contributed by atoms with van der Waals surface area (Å²) in [5.41, 5.74) is 20.2. The molecule has 0 fully saturated rings. The molecule has 0 aromatic heterocycles. The van der Waals surface area contributed by atoms with Crippen LogP contribution in [0.25, 0.3) is 27.8 Å². The second-order valence-corrected chi connectivity index (χ2v) is 17.4. The zero-order valence-electron chi connectivity index (χ0n) is 35.3. The van der Waals surface area contributed by atoms with Crippen LogP contribution in [-0.4, -0.2) is 0 Å². The van der Waals surface area contributed by atoms with Gasteiger partial charge < -0.3 is 9.64 Å². The zero-order chi connectivity index (χ0) is 42.2. The molecule has 0 amide bonds. The van der Waals surface area contributed by atoms with Crippen molar-refractivity contribution in [1.29, 1.82) is 0 Å². The Labute approximate surface area is 374 Å². The summed E-state index contributed by atoms with van der Waals surface area (Å²) in [7, 11) is 0. The van der Waals surface area contributed by atoms with Gasteiger partial charge in [-0.2, -0.15) is 0 Å². The molecular weight excluding hydrogens is 775 g/mol. The monoisotopic (exact) mass is 817 g/mol. The van der Waals surface area contributed by atoms with Gasteiger partial charge in [0.05, 0.1) is 10.8 Å². The number of hydrogen-bond acceptors (Lipinski definition) is 2. The number of nitrogens with zero attached hydrogens (tertiary/aromatic N) is 1. The van der Waals surface area contributed by atoms with Gasteiger partial charge in [0.1, 0.15) is 11.5 Å². The number of allylic oxidation sites excluding steroid dienone is 4. The maximum atomic E-state index is 6.73. The van der Waals surface area contributed by atoms with Crippen LogP contribution in [0.1, 0.15) is 57.3 Å². The van der Waals surface area contributed by atoms with E-state index in [0.717, 1.165) is 35.7 Å². The fraction of sp³-hybridized carbons (Fsp3) is 0.0645. The summed E-state index contributed by atoms with van der Waals surface area (Å²) in [4.78, 5) is 2.59. The molecule has 3 aliphatic carbocycles. The minimum Gasteiger partial charge on any atom is -0.457 e. The molecule has 0 N–H and O–H groups in total. The molecule has 9 aromatic carbocycles. The van der Waals surface area contributed by atoms with Crippen LogP contribution in [0.2, 0.25) is 0 Å². The summed E-state index contributed by atoms with van der Waals surface area (Å²) in [5.74, 6) is 1.80. The predicted octanol–water partition coefficient (Wildman–Crippen LogP) is 15.4. The van der Waals surface area contributed by atoms with E-state index in [1.54, 1.807) is 0 Å². The van der Waals surface area contributed by atoms with Gasteiger partial charge in [0.15, 0.2) is 0 Å². The molecule has 1 aliphatic heterocycles. The van der Waals surface area contributed by atoms with Crippen molar-refractivity contribution < 1.29 is 4.74 Å². The van der Waals surface area contributed by atoms with Gasteiger partial charge in [-0.25, -0.2) is 0 Å². The van der Waals surface area contributed by atoms with Gasteiger partial charge in [0.2, 0.25) is 0 Å². The Morgan fingerprint density at radius 2 is 0.859 bits per heavy atom. The van der Waals surface area contributed by atoms with Gasteiger partial charge in [-0.15, -0.1) is 0 Å². The molecule has 2 heteroatoms. The van der Waals surface area contributed by atoms with Crippen LogP contribution < -0.4 is 9.64 Å². The molecule has 0 saturated heterocycles. The molecule has 2 nitrogen and oxygen atoms in total. The van der Waals surface area contributed by atoms with Crippen molar-refractivity contribution in [1.82, 2.24) is 0 Å². The molecule has 0 radical (unpaired) electrons. The summed E-state index contributed by atoms with van der Waals surface area (Å²) >= 11 is 0. The number of benzene rings is 9. The minimum atomic E-state index is -0.582. The Morgan fingerprint density at radius 1 is 0.375 bits per heavy atom. The maximum absolute atomic E-state index is 6.73. The van der Waals surface area contributed by atoms with Crippen molar-refractivity contribution in [2.24, 2.45) is 0 Å². The molecule has 13 rings (SSSR count). The summed E-state index contributed by atoms with van der Waals surface area (Å²) < 4.78 is 6.73. The van der Waals surface area contributed by atoms with Crippen molar-refractivity contribution in [2.75, 3.05) is 4.90 Å². The lowest BCUT2D eigenvalue weighted by Gasteiger charge is -2.40. The Balaban J connectivity index is 1.10. The molecule has 1 heterocycles. The molecule has 302 valence electrons. The third-order valence-corrected chi connectivity index (χ3v) is 14.3. The molecule has 64 heavy (non-hydrogen) atoms. The zero-order valence-corrected chi connectivity index (χ0v) is 35.3. The molecular formula is C62H43NO. The first-order valence-electron chi connectivity index (χ1n) is 22.5. The van der Waals surface area contributed by atoms with E-state index in [2.05, 4.69) is 241 Å². The molecule has 9 aromatic rings. The van der Waals surface area contributed by atoms with Crippen LogP contribution >= 0.6 is 0 Å². The average Bonchev–Trinajstić information content (AvgIpc) is 3.84. The van der Waals surface area contributed by atoms with E-state index < -0.39 is 10.8 Å². The molecule has 0 atom stereocenters. The highest BCUT2D eigenvalue weighted by molar-refractivity contribution is 5.99. The molecule has 1 spiro atoms. The van der Waals surface area contributed by atoms with Crippen LogP contribution in [0.5, 0.6) is 11.5 Å². The van der Waals surface area contributed by atoms with E-state index in [4.69, 9.17) is 4.74 Å². The largest absolute Gasteiger partial charge is 0.457 e. The van der Waals surface area contributed by atoms with Gasteiger partial charge in [-0.1, -0.05) is 200 Å². The minimum absolute atomic E-state index is 0.484. The third kappa shape index (κ3) is 5.08. The van der Waals surface area contributed by atoms with Crippen molar-refractivity contribution in [2.45, 2.75) is 23.7 Å². The molecule has 4 aliphatic rings. The fourth-order valence-electron chi connectivity index (χ4n) is 11.8. The first-order chi connectivity index (χ1) is 31.8. The van der Waals surface area contributed by atoms with Gasteiger partial charge in [0, 0.05) is 33.8 Å². The van der Waals surface area contributed by atoms with Crippen molar-refractivity contribution in [3.63, 3.8) is 0 Å². The second-order valence-electron chi connectivity index (χ2n) is 17.4. The molecule has 0 saturated carbocycles. The average molecular weight is 818 g/mol. The van der Waals surface area contributed by atoms with Gasteiger partial charge in [-0.3, -0.25) is 0 Å². The highest BCUT2D eigenvalue weighted by Crippen LogP contribution is 2.64. The lowest BCUT2D eigenvalue weighted by molar-refractivity contribution is 0.436. The number of rotatable bonds is 6. The Kier molecular flexibility index (Phi) is 8.20.